The van der Waals surface area contributed by atoms with Crippen molar-refractivity contribution >= 4 is 111 Å². The Balaban J connectivity index is 0.00000581. The van der Waals surface area contributed by atoms with Gasteiger partial charge in [0.15, 0.2) is 11.9 Å². The van der Waals surface area contributed by atoms with Crippen LogP contribution >= 0.6 is 46.7 Å². The first kappa shape index (κ1) is 53.2. The number of anilines is 4. The molecule has 2 rings (SSSR count). The van der Waals surface area contributed by atoms with Crippen LogP contribution in [-0.2, 0) is 19.2 Å². The van der Waals surface area contributed by atoms with Gasteiger partial charge in [0.05, 0.1) is 51.5 Å². The van der Waals surface area contributed by atoms with Gasteiger partial charge in [-0.3, -0.25) is 34.2 Å². The smallest absolute Gasteiger partial charge is 0.273 e. The number of hydrogen-bond acceptors (Lipinski definition) is 11. The summed E-state index contributed by atoms with van der Waals surface area (Å²) in [4.78, 5) is 66.4. The molecule has 0 aliphatic carbocycles. The summed E-state index contributed by atoms with van der Waals surface area (Å²) in [6.45, 7) is 9.92. The number of aliphatic imine (C=N–C) groups is 3. The number of guanidine groups is 2. The molecule has 0 aliphatic heterocycles. The average Bonchev–Trinajstić information content (AvgIpc) is 3.16. The number of nitrogens with two attached hydrogens (primary N) is 6. The number of carbonyl (C=O) groups excluding carboxylic acids is 4. The molecular weight excluding hydrogens is 850 g/mol. The second kappa shape index (κ2) is 30.3. The van der Waals surface area contributed by atoms with E-state index in [2.05, 4.69) is 42.8 Å². The van der Waals surface area contributed by atoms with Gasteiger partial charge in [-0.05, 0) is 89.9 Å². The van der Waals surface area contributed by atoms with Gasteiger partial charge in [-0.1, -0.05) is 29.3 Å². The van der Waals surface area contributed by atoms with Crippen molar-refractivity contribution in [2.75, 3.05) is 59.0 Å². The quantitative estimate of drug-likeness (QED) is 0.0162. The Morgan fingerprint density at radius 2 is 1.12 bits per heavy atom. The minimum Gasteiger partial charge on any atom is -0.370 e. The molecule has 0 fully saturated rings. The molecule has 16 N–H and O–H groups in total. The Morgan fingerprint density at radius 1 is 0.717 bits per heavy atom. The van der Waals surface area contributed by atoms with Gasteiger partial charge >= 0.3 is 0 Å². The largest absolute Gasteiger partial charge is 0.370 e. The van der Waals surface area contributed by atoms with E-state index in [0.29, 0.717) is 77.1 Å². The van der Waals surface area contributed by atoms with Gasteiger partial charge in [-0.25, -0.2) is 0 Å². The van der Waals surface area contributed by atoms with Crippen LogP contribution in [0.5, 0.6) is 0 Å². The van der Waals surface area contributed by atoms with Crippen molar-refractivity contribution in [3.63, 3.8) is 0 Å². The zero-order valence-corrected chi connectivity index (χ0v) is 37.5. The van der Waals surface area contributed by atoms with Crippen molar-refractivity contribution < 1.29 is 19.2 Å². The molecule has 0 heterocycles. The second-order valence-electron chi connectivity index (χ2n) is 12.6. The number of nitrogens with one attached hydrogen (secondary N) is 4. The summed E-state index contributed by atoms with van der Waals surface area (Å²) in [5.41, 5.74) is 34.4. The highest BCUT2D eigenvalue weighted by Gasteiger charge is 2.22. The van der Waals surface area contributed by atoms with Crippen molar-refractivity contribution in [1.82, 2.24) is 0 Å². The number of thioether (sulfide) groups is 2. The lowest BCUT2D eigenvalue weighted by atomic mass is 10.1. The molecule has 2 aromatic carbocycles. The van der Waals surface area contributed by atoms with Crippen LogP contribution < -0.4 is 55.7 Å². The number of rotatable bonds is 24. The molecule has 4 amide bonds. The van der Waals surface area contributed by atoms with E-state index in [1.54, 1.807) is 38.1 Å². The van der Waals surface area contributed by atoms with E-state index in [1.807, 2.05) is 6.92 Å². The molecule has 0 bridgehead atoms. The number of hydrogen-bond donors (Lipinski definition) is 10. The number of benzene rings is 2. The first-order valence-corrected chi connectivity index (χ1v) is 21.8. The lowest BCUT2D eigenvalue weighted by molar-refractivity contribution is -0.118. The third-order valence-corrected chi connectivity index (χ3v) is 10.1. The monoisotopic (exact) mass is 907 g/mol. The maximum Gasteiger partial charge on any atom is 0.273 e. The Labute approximate surface area is 370 Å². The Hall–Kier alpha value is -4.79. The van der Waals surface area contributed by atoms with Crippen LogP contribution in [0.15, 0.2) is 73.5 Å². The molecule has 2 aromatic rings. The van der Waals surface area contributed by atoms with E-state index in [-0.39, 0.29) is 71.1 Å². The van der Waals surface area contributed by atoms with Crippen LogP contribution in [0.4, 0.5) is 22.7 Å². The zero-order valence-electron chi connectivity index (χ0n) is 34.3. The number of carbonyl (C=O) groups is 4. The molecule has 330 valence electrons. The van der Waals surface area contributed by atoms with Gasteiger partial charge < -0.3 is 55.7 Å². The molecule has 0 saturated heterocycles. The maximum absolute atomic E-state index is 13.8. The highest BCUT2D eigenvalue weighted by molar-refractivity contribution is 7.99. The molecule has 0 aliphatic rings. The van der Waals surface area contributed by atoms with Crippen molar-refractivity contribution in [2.45, 2.75) is 69.1 Å². The first-order valence-electron chi connectivity index (χ1n) is 19.0. The van der Waals surface area contributed by atoms with Gasteiger partial charge in [0, 0.05) is 40.6 Å². The number of allylic oxidation sites excluding steroid dienone is 1. The van der Waals surface area contributed by atoms with Crippen LogP contribution in [0.3, 0.4) is 0 Å². The highest BCUT2D eigenvalue weighted by Crippen LogP contribution is 2.39. The minimum atomic E-state index is -0.904. The lowest BCUT2D eigenvalue weighted by Gasteiger charge is -2.18. The van der Waals surface area contributed by atoms with Crippen molar-refractivity contribution in [3.8, 4) is 0 Å². The topological polar surface area (TPSA) is 310 Å². The summed E-state index contributed by atoms with van der Waals surface area (Å²) in [5.74, 6) is -1.91. The van der Waals surface area contributed by atoms with Crippen molar-refractivity contribution in [3.05, 3.63) is 58.7 Å². The molecule has 0 aromatic heterocycles. The van der Waals surface area contributed by atoms with E-state index in [1.165, 1.54) is 41.9 Å². The Bertz CT molecular complexity index is 1870. The third kappa shape index (κ3) is 21.5. The summed E-state index contributed by atoms with van der Waals surface area (Å²) < 4.78 is 0. The van der Waals surface area contributed by atoms with Gasteiger partial charge in [-0.2, -0.15) is 0 Å². The van der Waals surface area contributed by atoms with Crippen LogP contribution in [0.2, 0.25) is 10.0 Å². The summed E-state index contributed by atoms with van der Waals surface area (Å²) in [6.07, 6.45) is 7.61. The van der Waals surface area contributed by atoms with Gasteiger partial charge in [0.25, 0.3) is 5.91 Å². The second-order valence-corrected chi connectivity index (χ2v) is 15.7. The molecule has 0 spiro atoms. The molecule has 21 heteroatoms. The minimum absolute atomic E-state index is 0.0710. The Kier molecular flexibility index (Phi) is 26.9. The molecule has 1 atom stereocenters. The van der Waals surface area contributed by atoms with Crippen LogP contribution in [0, 0.1) is 5.92 Å². The highest BCUT2D eigenvalue weighted by atomic mass is 35.5. The van der Waals surface area contributed by atoms with Crippen LogP contribution in [0.25, 0.3) is 0 Å². The molecular formula is C39H59Cl2N13O4S2. The Morgan fingerprint density at radius 3 is 1.50 bits per heavy atom. The predicted molar refractivity (Wildman–Crippen MR) is 253 cm³/mol. The average molecular weight is 909 g/mol. The summed E-state index contributed by atoms with van der Waals surface area (Å²) in [6, 6.07) is 6.26. The molecule has 0 saturated carbocycles. The normalized spacial score (nSPS) is 11.4. The van der Waals surface area contributed by atoms with Crippen LogP contribution in [0.1, 0.15) is 59.3 Å². The van der Waals surface area contributed by atoms with Crippen molar-refractivity contribution in [2.24, 2.45) is 55.3 Å². The fourth-order valence-electron chi connectivity index (χ4n) is 4.86. The predicted octanol–water partition coefficient (Wildman–Crippen LogP) is 5.24. The third-order valence-electron chi connectivity index (χ3n) is 7.46. The van der Waals surface area contributed by atoms with E-state index in [9.17, 15) is 19.2 Å². The number of halogens is 2. The fraction of sp³-hybridized carbons (Fsp3) is 0.410. The van der Waals surface area contributed by atoms with E-state index >= 15 is 0 Å². The number of unbranched alkanes of at least 4 members (excludes halogenated alkanes) is 2. The van der Waals surface area contributed by atoms with Gasteiger partial charge in [0.2, 0.25) is 17.7 Å². The molecule has 17 nitrogen and oxygen atoms in total. The summed E-state index contributed by atoms with van der Waals surface area (Å²) in [5, 5.41) is 12.0. The van der Waals surface area contributed by atoms with Crippen LogP contribution in [-0.4, -0.2) is 79.4 Å². The summed E-state index contributed by atoms with van der Waals surface area (Å²) in [7, 11) is 0. The van der Waals surface area contributed by atoms with E-state index < -0.39 is 17.7 Å². The number of amides is 4. The first-order chi connectivity index (χ1) is 28.6. The van der Waals surface area contributed by atoms with E-state index in [0.717, 1.165) is 0 Å². The maximum atomic E-state index is 13.8. The lowest BCUT2D eigenvalue weighted by Crippen LogP contribution is -2.23. The fourth-order valence-corrected chi connectivity index (χ4v) is 7.13. The van der Waals surface area contributed by atoms with E-state index in [4.69, 9.17) is 57.6 Å². The van der Waals surface area contributed by atoms with Crippen molar-refractivity contribution in [1.29, 1.82) is 0 Å². The molecule has 60 heavy (non-hydrogen) atoms. The summed E-state index contributed by atoms with van der Waals surface area (Å²) >= 11 is 15.5. The molecule has 0 radical (unpaired) electrons. The number of nitrogens with zero attached hydrogens (tertiary/aromatic N) is 3. The van der Waals surface area contributed by atoms with Gasteiger partial charge in [-0.15, -0.1) is 30.1 Å². The SMILES string of the molecule is C=CC.CC=N/C(=C\C(C)C(=O)Nc1cc(Cl)cc(NC(=O)CCCCN)c1SCCN=C(N)N)C(=O)Nc1cc(Cl)cc(NC(=O)CCCCN)c1SCCN=C(N)N. The van der Waals surface area contributed by atoms with Gasteiger partial charge in [0.1, 0.15) is 5.70 Å². The molecule has 1 unspecified atom stereocenters. The zero-order chi connectivity index (χ0) is 45.0. The standard InChI is InChI=1S/C36H53Cl2N13O4S2.C3H6/c1-3-45-28(34(55)51-27-20-23(38)18-25(49-30(53)9-5-7-11-40)32(27)57-15-13-47-36(43)44)16-21(2)33(54)50-26-19-22(37)17-24(48-29(52)8-4-6-10-39)31(26)56-14-12-46-35(41)42;1-3-2/h3,16-21H,4-15,39-40H2,1-2H3,(H,48,52)(H,49,53)(H,50,54)(H,51,55)(H4,41,42,46)(H4,43,44,47);3H,1H2,2H3/b28-16-,45-3?;.